The van der Waals surface area contributed by atoms with Crippen LogP contribution >= 0.6 is 0 Å². The zero-order valence-electron chi connectivity index (χ0n) is 11.2. The number of rotatable bonds is 6. The standard InChI is InChI=1S/C13H18N4O2/c1-3-6-14-7-4-11-15-16-13(19-11)10-5-8-17(2)12(18)9-10/h5,8-9,14H,3-4,6-7H2,1-2H3. The normalized spacial score (nSPS) is 10.8. The van der Waals surface area contributed by atoms with Crippen LogP contribution in [0.3, 0.4) is 0 Å². The molecule has 6 heteroatoms. The maximum absolute atomic E-state index is 11.5. The van der Waals surface area contributed by atoms with Crippen LogP contribution in [0.5, 0.6) is 0 Å². The maximum Gasteiger partial charge on any atom is 0.251 e. The van der Waals surface area contributed by atoms with Gasteiger partial charge in [0.1, 0.15) is 0 Å². The predicted octanol–water partition coefficient (Wildman–Crippen LogP) is 0.977. The topological polar surface area (TPSA) is 73.0 Å². The highest BCUT2D eigenvalue weighted by atomic mass is 16.4. The minimum atomic E-state index is -0.0955. The Hall–Kier alpha value is -1.95. The van der Waals surface area contributed by atoms with Crippen LogP contribution in [0.4, 0.5) is 0 Å². The lowest BCUT2D eigenvalue weighted by atomic mass is 10.3. The zero-order chi connectivity index (χ0) is 13.7. The molecular formula is C13H18N4O2. The minimum Gasteiger partial charge on any atom is -0.421 e. The van der Waals surface area contributed by atoms with Gasteiger partial charge in [0.2, 0.25) is 11.8 Å². The van der Waals surface area contributed by atoms with Crippen molar-refractivity contribution in [3.05, 3.63) is 34.6 Å². The van der Waals surface area contributed by atoms with Gasteiger partial charge in [-0.1, -0.05) is 6.92 Å². The van der Waals surface area contributed by atoms with Crippen LogP contribution in [0.1, 0.15) is 19.2 Å². The first-order valence-electron chi connectivity index (χ1n) is 6.41. The largest absolute Gasteiger partial charge is 0.421 e. The Balaban J connectivity index is 2.03. The molecule has 0 atom stereocenters. The molecule has 0 bridgehead atoms. The summed E-state index contributed by atoms with van der Waals surface area (Å²) in [6.45, 7) is 3.91. The molecule has 0 unspecified atom stereocenters. The molecule has 2 heterocycles. The number of pyridine rings is 1. The molecule has 0 aliphatic rings. The molecule has 6 nitrogen and oxygen atoms in total. The average molecular weight is 262 g/mol. The molecule has 19 heavy (non-hydrogen) atoms. The molecule has 0 amide bonds. The summed E-state index contributed by atoms with van der Waals surface area (Å²) in [6.07, 6.45) is 3.48. The van der Waals surface area contributed by atoms with Gasteiger partial charge in [0, 0.05) is 37.8 Å². The van der Waals surface area contributed by atoms with Crippen LogP contribution in [-0.4, -0.2) is 27.9 Å². The third kappa shape index (κ3) is 3.51. The van der Waals surface area contributed by atoms with Gasteiger partial charge in [0.25, 0.3) is 5.56 Å². The highest BCUT2D eigenvalue weighted by Gasteiger charge is 2.09. The second-order valence-corrected chi connectivity index (χ2v) is 4.37. The summed E-state index contributed by atoms with van der Waals surface area (Å²) in [4.78, 5) is 11.5. The first-order valence-corrected chi connectivity index (χ1v) is 6.41. The molecule has 0 aromatic carbocycles. The van der Waals surface area contributed by atoms with Gasteiger partial charge in [-0.3, -0.25) is 4.79 Å². The van der Waals surface area contributed by atoms with E-state index in [1.165, 1.54) is 10.6 Å². The lowest BCUT2D eigenvalue weighted by Gasteiger charge is -1.99. The number of aryl methyl sites for hydroxylation is 1. The molecule has 0 aliphatic heterocycles. The summed E-state index contributed by atoms with van der Waals surface area (Å²) in [6, 6.07) is 3.28. The van der Waals surface area contributed by atoms with Crippen LogP contribution in [0.2, 0.25) is 0 Å². The van der Waals surface area contributed by atoms with Crippen LogP contribution in [-0.2, 0) is 13.5 Å². The van der Waals surface area contributed by atoms with E-state index < -0.39 is 0 Å². The molecule has 0 fully saturated rings. The first kappa shape index (κ1) is 13.5. The van der Waals surface area contributed by atoms with Crippen molar-refractivity contribution in [2.45, 2.75) is 19.8 Å². The fourth-order valence-corrected chi connectivity index (χ4v) is 1.65. The Kier molecular flexibility index (Phi) is 4.46. The van der Waals surface area contributed by atoms with Crippen LogP contribution in [0.15, 0.2) is 27.5 Å². The second kappa shape index (κ2) is 6.29. The summed E-state index contributed by atoms with van der Waals surface area (Å²) in [5.41, 5.74) is 0.560. The van der Waals surface area contributed by atoms with Gasteiger partial charge in [-0.2, -0.15) is 0 Å². The van der Waals surface area contributed by atoms with E-state index in [0.717, 1.165) is 19.5 Å². The monoisotopic (exact) mass is 262 g/mol. The fraction of sp³-hybridized carbons (Fsp3) is 0.462. The van der Waals surface area contributed by atoms with E-state index >= 15 is 0 Å². The molecular weight excluding hydrogens is 244 g/mol. The van der Waals surface area contributed by atoms with E-state index in [9.17, 15) is 4.79 Å². The Bertz CT molecular complexity index is 588. The first-order chi connectivity index (χ1) is 9.20. The van der Waals surface area contributed by atoms with Gasteiger partial charge in [0.15, 0.2) is 0 Å². The van der Waals surface area contributed by atoms with E-state index in [-0.39, 0.29) is 5.56 Å². The van der Waals surface area contributed by atoms with Crippen molar-refractivity contribution >= 4 is 0 Å². The van der Waals surface area contributed by atoms with E-state index in [0.29, 0.717) is 23.8 Å². The van der Waals surface area contributed by atoms with Crippen molar-refractivity contribution in [3.63, 3.8) is 0 Å². The molecule has 0 saturated carbocycles. The summed E-state index contributed by atoms with van der Waals surface area (Å²) in [7, 11) is 1.70. The molecule has 2 aromatic heterocycles. The van der Waals surface area contributed by atoms with Crippen LogP contribution in [0, 0.1) is 0 Å². The van der Waals surface area contributed by atoms with Crippen molar-refractivity contribution in [3.8, 4) is 11.5 Å². The molecule has 0 spiro atoms. The van der Waals surface area contributed by atoms with Gasteiger partial charge in [-0.15, -0.1) is 10.2 Å². The Morgan fingerprint density at radius 1 is 1.37 bits per heavy atom. The Labute approximate surface area is 111 Å². The van der Waals surface area contributed by atoms with E-state index in [2.05, 4.69) is 22.4 Å². The highest BCUT2D eigenvalue weighted by Crippen LogP contribution is 2.15. The maximum atomic E-state index is 11.5. The minimum absolute atomic E-state index is 0.0955. The number of nitrogens with one attached hydrogen (secondary N) is 1. The summed E-state index contributed by atoms with van der Waals surface area (Å²) in [5.74, 6) is 0.975. The molecule has 2 aromatic rings. The van der Waals surface area contributed by atoms with Gasteiger partial charge in [-0.05, 0) is 19.0 Å². The van der Waals surface area contributed by atoms with Gasteiger partial charge in [-0.25, -0.2) is 0 Å². The van der Waals surface area contributed by atoms with Crippen molar-refractivity contribution in [2.24, 2.45) is 7.05 Å². The summed E-state index contributed by atoms with van der Waals surface area (Å²) < 4.78 is 7.03. The number of hydrogen-bond donors (Lipinski definition) is 1. The third-order valence-corrected chi connectivity index (χ3v) is 2.76. The van der Waals surface area contributed by atoms with Crippen molar-refractivity contribution < 1.29 is 4.42 Å². The summed E-state index contributed by atoms with van der Waals surface area (Å²) in [5, 5.41) is 11.2. The predicted molar refractivity (Wildman–Crippen MR) is 71.8 cm³/mol. The van der Waals surface area contributed by atoms with Crippen molar-refractivity contribution in [1.82, 2.24) is 20.1 Å². The second-order valence-electron chi connectivity index (χ2n) is 4.37. The van der Waals surface area contributed by atoms with E-state index in [4.69, 9.17) is 4.42 Å². The summed E-state index contributed by atoms with van der Waals surface area (Å²) >= 11 is 0. The van der Waals surface area contributed by atoms with Crippen LogP contribution in [0.25, 0.3) is 11.5 Å². The number of aromatic nitrogens is 3. The smallest absolute Gasteiger partial charge is 0.251 e. The van der Waals surface area contributed by atoms with Gasteiger partial charge < -0.3 is 14.3 Å². The van der Waals surface area contributed by atoms with E-state index in [1.54, 1.807) is 19.3 Å². The van der Waals surface area contributed by atoms with Crippen molar-refractivity contribution in [2.75, 3.05) is 13.1 Å². The molecule has 102 valence electrons. The third-order valence-electron chi connectivity index (χ3n) is 2.76. The Morgan fingerprint density at radius 3 is 2.95 bits per heavy atom. The quantitative estimate of drug-likeness (QED) is 0.785. The van der Waals surface area contributed by atoms with E-state index in [1.807, 2.05) is 0 Å². The Morgan fingerprint density at radius 2 is 2.21 bits per heavy atom. The highest BCUT2D eigenvalue weighted by molar-refractivity contribution is 5.50. The van der Waals surface area contributed by atoms with Gasteiger partial charge in [0.05, 0.1) is 0 Å². The van der Waals surface area contributed by atoms with Crippen molar-refractivity contribution in [1.29, 1.82) is 0 Å². The molecule has 1 N–H and O–H groups in total. The molecule has 2 rings (SSSR count). The molecule has 0 radical (unpaired) electrons. The number of hydrogen-bond acceptors (Lipinski definition) is 5. The molecule has 0 aliphatic carbocycles. The number of nitrogens with zero attached hydrogens (tertiary/aromatic N) is 3. The van der Waals surface area contributed by atoms with Crippen LogP contribution < -0.4 is 10.9 Å². The lowest BCUT2D eigenvalue weighted by Crippen LogP contribution is -2.17. The zero-order valence-corrected chi connectivity index (χ0v) is 11.2. The molecule has 0 saturated heterocycles. The fourth-order valence-electron chi connectivity index (χ4n) is 1.65. The van der Waals surface area contributed by atoms with Gasteiger partial charge >= 0.3 is 0 Å². The SMILES string of the molecule is CCCNCCc1nnc(-c2ccn(C)c(=O)c2)o1. The average Bonchev–Trinajstić information content (AvgIpc) is 2.87. The lowest BCUT2D eigenvalue weighted by molar-refractivity contribution is 0.494.